The third-order valence-corrected chi connectivity index (χ3v) is 2.52. The van der Waals surface area contributed by atoms with Crippen LogP contribution in [0.2, 0.25) is 0 Å². The molecule has 1 rings (SSSR count). The number of nitrogens with zero attached hydrogens (tertiary/aromatic N) is 1. The van der Waals surface area contributed by atoms with Crippen LogP contribution in [0.1, 0.15) is 33.6 Å². The molecule has 0 aliphatic heterocycles. The predicted molar refractivity (Wildman–Crippen MR) is 61.0 cm³/mol. The van der Waals surface area contributed by atoms with E-state index in [1.165, 1.54) is 12.8 Å². The van der Waals surface area contributed by atoms with E-state index in [0.717, 1.165) is 31.6 Å². The zero-order valence-corrected chi connectivity index (χ0v) is 10.3. The van der Waals surface area contributed by atoms with E-state index in [-0.39, 0.29) is 5.60 Å². The minimum Gasteiger partial charge on any atom is -0.375 e. The third-order valence-electron chi connectivity index (χ3n) is 2.35. The maximum Gasteiger partial charge on any atom is 0.0600 e. The van der Waals surface area contributed by atoms with Crippen LogP contribution < -0.4 is 0 Å². The van der Waals surface area contributed by atoms with Gasteiger partial charge in [-0.1, -0.05) is 0 Å². The topological polar surface area (TPSA) is 12.5 Å². The average molecular weight is 220 g/mol. The lowest BCUT2D eigenvalue weighted by Gasteiger charge is -2.24. The maximum absolute atomic E-state index is 5.75. The molecule has 0 heterocycles. The van der Waals surface area contributed by atoms with Crippen molar-refractivity contribution >= 4 is 11.6 Å². The second-order valence-electron chi connectivity index (χ2n) is 4.92. The Morgan fingerprint density at radius 1 is 1.29 bits per heavy atom. The van der Waals surface area contributed by atoms with E-state index in [1.807, 2.05) is 0 Å². The molecule has 0 atom stereocenters. The Balaban J connectivity index is 2.13. The van der Waals surface area contributed by atoms with Crippen molar-refractivity contribution in [2.45, 2.75) is 45.3 Å². The van der Waals surface area contributed by atoms with Crippen molar-refractivity contribution in [3.05, 3.63) is 0 Å². The first-order chi connectivity index (χ1) is 6.53. The second kappa shape index (κ2) is 5.34. The molecule has 1 saturated carbocycles. The number of ether oxygens (including phenoxy) is 1. The van der Waals surface area contributed by atoms with Gasteiger partial charge in [0, 0.05) is 25.0 Å². The molecule has 0 bridgehead atoms. The Morgan fingerprint density at radius 2 is 1.93 bits per heavy atom. The molecule has 0 amide bonds. The summed E-state index contributed by atoms with van der Waals surface area (Å²) in [6.07, 6.45) is 2.68. The van der Waals surface area contributed by atoms with Gasteiger partial charge in [0.2, 0.25) is 0 Å². The second-order valence-corrected chi connectivity index (χ2v) is 5.29. The van der Waals surface area contributed by atoms with E-state index in [9.17, 15) is 0 Å². The Bertz CT molecular complexity index is 163. The molecular weight excluding hydrogens is 198 g/mol. The van der Waals surface area contributed by atoms with Crippen molar-refractivity contribution in [1.82, 2.24) is 4.90 Å². The van der Waals surface area contributed by atoms with Crippen molar-refractivity contribution in [2.75, 3.05) is 25.6 Å². The van der Waals surface area contributed by atoms with Crippen LogP contribution in [0.25, 0.3) is 0 Å². The summed E-state index contributed by atoms with van der Waals surface area (Å²) in [7, 11) is 0. The van der Waals surface area contributed by atoms with E-state index in [2.05, 4.69) is 25.7 Å². The van der Waals surface area contributed by atoms with Crippen LogP contribution in [0.3, 0.4) is 0 Å². The van der Waals surface area contributed by atoms with Crippen molar-refractivity contribution in [3.63, 3.8) is 0 Å². The van der Waals surface area contributed by atoms with Gasteiger partial charge in [0.1, 0.15) is 0 Å². The molecule has 0 saturated heterocycles. The van der Waals surface area contributed by atoms with Gasteiger partial charge in [-0.2, -0.15) is 0 Å². The van der Waals surface area contributed by atoms with Gasteiger partial charge in [0.25, 0.3) is 0 Å². The maximum atomic E-state index is 5.75. The lowest BCUT2D eigenvalue weighted by molar-refractivity contribution is -0.0133. The van der Waals surface area contributed by atoms with Crippen LogP contribution in [-0.4, -0.2) is 42.1 Å². The Hall–Kier alpha value is 0.210. The van der Waals surface area contributed by atoms with Crippen LogP contribution >= 0.6 is 11.6 Å². The zero-order chi connectivity index (χ0) is 10.6. The van der Waals surface area contributed by atoms with E-state index in [0.29, 0.717) is 0 Å². The standard InChI is InChI=1S/C11H22ClNO/c1-11(2,3)14-9-8-13(7-6-12)10-4-5-10/h10H,4-9H2,1-3H3. The molecule has 0 spiro atoms. The smallest absolute Gasteiger partial charge is 0.0600 e. The fraction of sp³-hybridized carbons (Fsp3) is 1.00. The van der Waals surface area contributed by atoms with Crippen molar-refractivity contribution in [1.29, 1.82) is 0 Å². The number of hydrogen-bond donors (Lipinski definition) is 0. The minimum absolute atomic E-state index is 0.0177. The molecule has 14 heavy (non-hydrogen) atoms. The number of halogens is 1. The van der Waals surface area contributed by atoms with E-state index in [1.54, 1.807) is 0 Å². The molecule has 0 unspecified atom stereocenters. The Labute approximate surface area is 92.6 Å². The third kappa shape index (κ3) is 5.18. The fourth-order valence-electron chi connectivity index (χ4n) is 1.49. The van der Waals surface area contributed by atoms with Crippen molar-refractivity contribution < 1.29 is 4.74 Å². The SMILES string of the molecule is CC(C)(C)OCCN(CCCl)C1CC1. The molecule has 0 aromatic rings. The first-order valence-electron chi connectivity index (χ1n) is 5.47. The molecule has 0 radical (unpaired) electrons. The monoisotopic (exact) mass is 219 g/mol. The minimum atomic E-state index is -0.0177. The Morgan fingerprint density at radius 3 is 2.36 bits per heavy atom. The zero-order valence-electron chi connectivity index (χ0n) is 9.55. The summed E-state index contributed by atoms with van der Waals surface area (Å²) in [5.74, 6) is 0.728. The molecule has 1 fully saturated rings. The lowest BCUT2D eigenvalue weighted by Crippen LogP contribution is -2.33. The highest BCUT2D eigenvalue weighted by Gasteiger charge is 2.28. The summed E-state index contributed by atoms with van der Waals surface area (Å²) < 4.78 is 5.70. The predicted octanol–water partition coefficient (Wildman–Crippen LogP) is 2.50. The largest absolute Gasteiger partial charge is 0.375 e. The quantitative estimate of drug-likeness (QED) is 0.637. The van der Waals surface area contributed by atoms with Gasteiger partial charge >= 0.3 is 0 Å². The molecular formula is C11H22ClNO. The number of rotatable bonds is 6. The van der Waals surface area contributed by atoms with Crippen molar-refractivity contribution in [2.24, 2.45) is 0 Å². The Kier molecular flexibility index (Phi) is 4.68. The van der Waals surface area contributed by atoms with Crippen LogP contribution in [0, 0.1) is 0 Å². The highest BCUT2D eigenvalue weighted by molar-refractivity contribution is 6.18. The summed E-state index contributed by atoms with van der Waals surface area (Å²) in [5, 5.41) is 0. The van der Waals surface area contributed by atoms with Gasteiger partial charge in [-0.25, -0.2) is 0 Å². The molecule has 84 valence electrons. The van der Waals surface area contributed by atoms with Gasteiger partial charge in [0.15, 0.2) is 0 Å². The van der Waals surface area contributed by atoms with Crippen molar-refractivity contribution in [3.8, 4) is 0 Å². The summed E-state index contributed by atoms with van der Waals surface area (Å²) in [6, 6.07) is 0.789. The summed E-state index contributed by atoms with van der Waals surface area (Å²) in [4.78, 5) is 2.44. The number of hydrogen-bond acceptors (Lipinski definition) is 2. The normalized spacial score (nSPS) is 17.8. The molecule has 1 aliphatic carbocycles. The highest BCUT2D eigenvalue weighted by Crippen LogP contribution is 2.26. The van der Waals surface area contributed by atoms with E-state index < -0.39 is 0 Å². The molecule has 0 aromatic carbocycles. The molecule has 1 aliphatic rings. The van der Waals surface area contributed by atoms with Gasteiger partial charge in [-0.15, -0.1) is 11.6 Å². The first kappa shape index (κ1) is 12.3. The first-order valence-corrected chi connectivity index (χ1v) is 6.00. The van der Waals surface area contributed by atoms with E-state index in [4.69, 9.17) is 16.3 Å². The summed E-state index contributed by atoms with van der Waals surface area (Å²) in [6.45, 7) is 9.12. The summed E-state index contributed by atoms with van der Waals surface area (Å²) in [5.41, 5.74) is -0.0177. The van der Waals surface area contributed by atoms with Gasteiger partial charge in [-0.05, 0) is 33.6 Å². The van der Waals surface area contributed by atoms with Gasteiger partial charge in [0.05, 0.1) is 12.2 Å². The molecule has 0 aromatic heterocycles. The van der Waals surface area contributed by atoms with Crippen LogP contribution in [0.5, 0.6) is 0 Å². The van der Waals surface area contributed by atoms with Crippen LogP contribution in [0.15, 0.2) is 0 Å². The molecule has 3 heteroatoms. The van der Waals surface area contributed by atoms with Gasteiger partial charge < -0.3 is 4.74 Å². The summed E-state index contributed by atoms with van der Waals surface area (Å²) >= 11 is 5.75. The van der Waals surface area contributed by atoms with Gasteiger partial charge in [-0.3, -0.25) is 4.90 Å². The number of alkyl halides is 1. The average Bonchev–Trinajstić information content (AvgIpc) is 2.83. The lowest BCUT2D eigenvalue weighted by atomic mass is 10.2. The highest BCUT2D eigenvalue weighted by atomic mass is 35.5. The van der Waals surface area contributed by atoms with E-state index >= 15 is 0 Å². The fourth-order valence-corrected chi connectivity index (χ4v) is 1.71. The van der Waals surface area contributed by atoms with Crippen LogP contribution in [0.4, 0.5) is 0 Å². The molecule has 2 nitrogen and oxygen atoms in total. The molecule has 0 N–H and O–H groups in total. The van der Waals surface area contributed by atoms with Crippen LogP contribution in [-0.2, 0) is 4.74 Å².